The number of imidazole rings is 1. The number of benzene rings is 1. The first kappa shape index (κ1) is 18.6. The van der Waals surface area contributed by atoms with Gasteiger partial charge in [-0.05, 0) is 36.6 Å². The lowest BCUT2D eigenvalue weighted by Gasteiger charge is -2.39. The molecule has 1 aromatic heterocycles. The Hall–Kier alpha value is -2.21. The number of halogens is 1. The van der Waals surface area contributed by atoms with Crippen LogP contribution in [-0.2, 0) is 0 Å². The topological polar surface area (TPSA) is 54.7 Å². The van der Waals surface area contributed by atoms with Gasteiger partial charge in [0.25, 0.3) is 0 Å². The van der Waals surface area contributed by atoms with Crippen molar-refractivity contribution in [1.29, 1.82) is 0 Å². The Morgan fingerprint density at radius 3 is 2.88 bits per heavy atom. The first-order valence-electron chi connectivity index (χ1n) is 8.99. The average Bonchev–Trinajstić information content (AvgIpc) is 3.18. The van der Waals surface area contributed by atoms with E-state index in [1.54, 1.807) is 0 Å². The lowest BCUT2D eigenvalue weighted by atomic mass is 9.93. The third-order valence-electron chi connectivity index (χ3n) is 4.81. The molecule has 1 aliphatic rings. The van der Waals surface area contributed by atoms with Crippen molar-refractivity contribution < 1.29 is 4.74 Å². The summed E-state index contributed by atoms with van der Waals surface area (Å²) in [4.78, 5) is 10.9. The highest BCUT2D eigenvalue weighted by molar-refractivity contribution is 6.30. The standard InChI is InChI=1S/C19H26ClN5O/c1-15-7-10-24(13-18(15)25-11-8-22-14-25)19(21-2)23-9-12-26-17-5-3-16(20)4-6-17/h3-6,8,11,14-15,18H,7,9-10,12-13H2,1-2H3,(H,21,23). The molecular weight excluding hydrogens is 350 g/mol. The highest BCUT2D eigenvalue weighted by Crippen LogP contribution is 2.27. The van der Waals surface area contributed by atoms with E-state index in [2.05, 4.69) is 31.7 Å². The van der Waals surface area contributed by atoms with E-state index in [1.807, 2.05) is 50.0 Å². The fourth-order valence-electron chi connectivity index (χ4n) is 3.29. The van der Waals surface area contributed by atoms with Gasteiger partial charge in [-0.25, -0.2) is 4.98 Å². The summed E-state index contributed by atoms with van der Waals surface area (Å²) in [6, 6.07) is 7.82. The SMILES string of the molecule is CN=C(NCCOc1ccc(Cl)cc1)N1CCC(C)C(n2ccnc2)C1. The molecule has 2 aromatic rings. The van der Waals surface area contributed by atoms with Gasteiger partial charge in [-0.3, -0.25) is 4.99 Å². The largest absolute Gasteiger partial charge is 0.492 e. The molecule has 0 amide bonds. The molecule has 1 N–H and O–H groups in total. The predicted molar refractivity (Wildman–Crippen MR) is 105 cm³/mol. The summed E-state index contributed by atoms with van der Waals surface area (Å²) in [5.41, 5.74) is 0. The Bertz CT molecular complexity index is 701. The first-order valence-corrected chi connectivity index (χ1v) is 9.36. The van der Waals surface area contributed by atoms with Crippen LogP contribution in [0, 0.1) is 5.92 Å². The summed E-state index contributed by atoms with van der Waals surface area (Å²) in [7, 11) is 1.83. The molecule has 2 unspecified atom stereocenters. The van der Waals surface area contributed by atoms with Crippen LogP contribution in [0.5, 0.6) is 5.75 Å². The number of piperidine rings is 1. The third-order valence-corrected chi connectivity index (χ3v) is 5.06. The van der Waals surface area contributed by atoms with E-state index >= 15 is 0 Å². The van der Waals surface area contributed by atoms with Crippen molar-refractivity contribution in [1.82, 2.24) is 19.8 Å². The third kappa shape index (κ3) is 4.69. The Labute approximate surface area is 159 Å². The summed E-state index contributed by atoms with van der Waals surface area (Å²) in [6.45, 7) is 5.49. The molecule has 26 heavy (non-hydrogen) atoms. The van der Waals surface area contributed by atoms with Crippen LogP contribution in [0.4, 0.5) is 0 Å². The maximum Gasteiger partial charge on any atom is 0.193 e. The fourth-order valence-corrected chi connectivity index (χ4v) is 3.42. The van der Waals surface area contributed by atoms with E-state index in [-0.39, 0.29) is 0 Å². The molecule has 140 valence electrons. The minimum absolute atomic E-state index is 0.412. The maximum atomic E-state index is 5.88. The Balaban J connectivity index is 1.49. The number of hydrogen-bond acceptors (Lipinski definition) is 3. The molecular formula is C19H26ClN5O. The smallest absolute Gasteiger partial charge is 0.193 e. The number of nitrogens with one attached hydrogen (secondary N) is 1. The molecule has 0 saturated carbocycles. The van der Waals surface area contributed by atoms with E-state index in [4.69, 9.17) is 16.3 Å². The van der Waals surface area contributed by atoms with Gasteiger partial charge < -0.3 is 19.5 Å². The first-order chi connectivity index (χ1) is 12.7. The molecule has 1 saturated heterocycles. The van der Waals surface area contributed by atoms with Gasteiger partial charge in [0.2, 0.25) is 0 Å². The second-order valence-electron chi connectivity index (χ2n) is 6.57. The number of guanidine groups is 1. The van der Waals surface area contributed by atoms with Crippen LogP contribution >= 0.6 is 11.6 Å². The predicted octanol–water partition coefficient (Wildman–Crippen LogP) is 3.07. The van der Waals surface area contributed by atoms with Crippen molar-refractivity contribution in [2.24, 2.45) is 10.9 Å². The Morgan fingerprint density at radius 2 is 2.19 bits per heavy atom. The van der Waals surface area contributed by atoms with Crippen LogP contribution in [0.2, 0.25) is 5.02 Å². The van der Waals surface area contributed by atoms with Crippen molar-refractivity contribution in [2.75, 3.05) is 33.3 Å². The minimum Gasteiger partial charge on any atom is -0.492 e. The maximum absolute atomic E-state index is 5.88. The van der Waals surface area contributed by atoms with Crippen LogP contribution in [0.3, 0.4) is 0 Å². The minimum atomic E-state index is 0.412. The van der Waals surface area contributed by atoms with E-state index in [0.717, 1.165) is 31.2 Å². The lowest BCUT2D eigenvalue weighted by molar-refractivity contribution is 0.188. The number of hydrogen-bond donors (Lipinski definition) is 1. The molecule has 7 heteroatoms. The second kappa shape index (κ2) is 8.94. The molecule has 0 bridgehead atoms. The number of ether oxygens (including phenoxy) is 1. The van der Waals surface area contributed by atoms with Crippen LogP contribution in [0.25, 0.3) is 0 Å². The van der Waals surface area contributed by atoms with Crippen molar-refractivity contribution in [3.8, 4) is 5.75 Å². The van der Waals surface area contributed by atoms with Gasteiger partial charge in [-0.1, -0.05) is 18.5 Å². The number of nitrogens with zero attached hydrogens (tertiary/aromatic N) is 4. The number of aliphatic imine (C=N–C) groups is 1. The van der Waals surface area contributed by atoms with Gasteiger partial charge in [0.05, 0.1) is 18.9 Å². The van der Waals surface area contributed by atoms with Gasteiger partial charge in [0.15, 0.2) is 5.96 Å². The van der Waals surface area contributed by atoms with Crippen molar-refractivity contribution >= 4 is 17.6 Å². The molecule has 2 heterocycles. The van der Waals surface area contributed by atoms with E-state index in [1.165, 1.54) is 0 Å². The quantitative estimate of drug-likeness (QED) is 0.495. The molecule has 1 aliphatic heterocycles. The number of rotatable bonds is 5. The van der Waals surface area contributed by atoms with Crippen molar-refractivity contribution in [2.45, 2.75) is 19.4 Å². The van der Waals surface area contributed by atoms with Gasteiger partial charge in [-0.2, -0.15) is 0 Å². The highest BCUT2D eigenvalue weighted by Gasteiger charge is 2.28. The zero-order chi connectivity index (χ0) is 18.4. The molecule has 0 radical (unpaired) electrons. The van der Waals surface area contributed by atoms with Gasteiger partial charge in [0.1, 0.15) is 12.4 Å². The summed E-state index contributed by atoms with van der Waals surface area (Å²) >= 11 is 5.88. The molecule has 0 spiro atoms. The number of aromatic nitrogens is 2. The summed E-state index contributed by atoms with van der Waals surface area (Å²) in [6.07, 6.45) is 6.92. The van der Waals surface area contributed by atoms with Gasteiger partial charge >= 0.3 is 0 Å². The average molecular weight is 376 g/mol. The highest BCUT2D eigenvalue weighted by atomic mass is 35.5. The van der Waals surface area contributed by atoms with Crippen molar-refractivity contribution in [3.63, 3.8) is 0 Å². The monoisotopic (exact) mass is 375 g/mol. The lowest BCUT2D eigenvalue weighted by Crippen LogP contribution is -2.49. The van der Waals surface area contributed by atoms with Gasteiger partial charge in [0, 0.05) is 37.6 Å². The van der Waals surface area contributed by atoms with Crippen molar-refractivity contribution in [3.05, 3.63) is 48.0 Å². The normalized spacial score (nSPS) is 20.9. The molecule has 2 atom stereocenters. The fraction of sp³-hybridized carbons (Fsp3) is 0.474. The van der Waals surface area contributed by atoms with Crippen LogP contribution in [0.15, 0.2) is 48.0 Å². The van der Waals surface area contributed by atoms with E-state index < -0.39 is 0 Å². The molecule has 1 fully saturated rings. The van der Waals surface area contributed by atoms with Crippen LogP contribution in [0.1, 0.15) is 19.4 Å². The van der Waals surface area contributed by atoms with Crippen LogP contribution < -0.4 is 10.1 Å². The van der Waals surface area contributed by atoms with E-state index in [0.29, 0.717) is 30.1 Å². The zero-order valence-corrected chi connectivity index (χ0v) is 16.1. The Kier molecular flexibility index (Phi) is 6.39. The molecule has 3 rings (SSSR count). The second-order valence-corrected chi connectivity index (χ2v) is 7.00. The summed E-state index contributed by atoms with van der Waals surface area (Å²) in [5.74, 6) is 2.35. The Morgan fingerprint density at radius 1 is 1.38 bits per heavy atom. The summed E-state index contributed by atoms with van der Waals surface area (Å²) < 4.78 is 7.94. The van der Waals surface area contributed by atoms with Gasteiger partial charge in [-0.15, -0.1) is 0 Å². The zero-order valence-electron chi connectivity index (χ0n) is 15.3. The molecule has 6 nitrogen and oxygen atoms in total. The summed E-state index contributed by atoms with van der Waals surface area (Å²) in [5, 5.41) is 4.11. The molecule has 0 aliphatic carbocycles. The van der Waals surface area contributed by atoms with Crippen LogP contribution in [-0.4, -0.2) is 53.7 Å². The number of likely N-dealkylation sites (tertiary alicyclic amines) is 1. The molecule has 1 aromatic carbocycles. The van der Waals surface area contributed by atoms with E-state index in [9.17, 15) is 0 Å².